The topological polar surface area (TPSA) is 136 Å². The van der Waals surface area contributed by atoms with Gasteiger partial charge in [0.2, 0.25) is 11.8 Å². The number of fused-ring (bicyclic) bond motifs is 1. The van der Waals surface area contributed by atoms with Crippen LogP contribution in [0.1, 0.15) is 41.1 Å². The van der Waals surface area contributed by atoms with E-state index in [1.807, 2.05) is 25.1 Å². The smallest absolute Gasteiger partial charge is 0.250 e. The van der Waals surface area contributed by atoms with E-state index < -0.39 is 24.0 Å². The van der Waals surface area contributed by atoms with E-state index in [-0.39, 0.29) is 43.8 Å². The van der Waals surface area contributed by atoms with E-state index in [9.17, 15) is 18.8 Å². The van der Waals surface area contributed by atoms with Crippen LogP contribution in [0, 0.1) is 13.8 Å². The largest absolute Gasteiger partial charge is 0.366 e. The number of halogens is 1. The molecule has 0 saturated carbocycles. The molecule has 1 aromatic carbocycles. The van der Waals surface area contributed by atoms with E-state index in [0.29, 0.717) is 22.5 Å². The highest BCUT2D eigenvalue weighted by molar-refractivity contribution is 6.07. The number of aryl methyl sites for hydroxylation is 2. The Balaban J connectivity index is 1.43. The van der Waals surface area contributed by atoms with Crippen molar-refractivity contribution in [3.05, 3.63) is 72.1 Å². The summed E-state index contributed by atoms with van der Waals surface area (Å²) in [7, 11) is 0. The molecular formula is C29H30FN7O3. The predicted octanol–water partition coefficient (Wildman–Crippen LogP) is 3.57. The summed E-state index contributed by atoms with van der Waals surface area (Å²) >= 11 is 0. The molecule has 3 aromatic heterocycles. The summed E-state index contributed by atoms with van der Waals surface area (Å²) in [5, 5.41) is 3.35. The maximum absolute atomic E-state index is 14.4. The van der Waals surface area contributed by atoms with Gasteiger partial charge in [0.15, 0.2) is 0 Å². The number of pyridine rings is 1. The number of nitrogens with zero attached hydrogens (tertiary/aromatic N) is 5. The van der Waals surface area contributed by atoms with Crippen molar-refractivity contribution in [2.75, 3.05) is 11.9 Å². The number of benzene rings is 1. The first-order valence-electron chi connectivity index (χ1n) is 13.1. The standard InChI is InChI=1S/C29H30FN7O3/c1-17-4-3-5-26(34-17)35-29(40)25-9-7-21(30)10-11-37(25)27(38)16-36-15-23(28(31)39)22-12-19(6-8-24(22)36)20-13-32-18(2)33-14-20/h3-6,8,12-15,21,25H,7,9-11,16H2,1-2H3,(H2,31,39)(H,34,35,40). The number of amides is 3. The van der Waals surface area contributed by atoms with Crippen molar-refractivity contribution in [3.63, 3.8) is 0 Å². The van der Waals surface area contributed by atoms with E-state index in [1.54, 1.807) is 48.3 Å². The molecule has 40 heavy (non-hydrogen) atoms. The molecule has 4 aromatic rings. The lowest BCUT2D eigenvalue weighted by molar-refractivity contribution is -0.139. The predicted molar refractivity (Wildman–Crippen MR) is 148 cm³/mol. The summed E-state index contributed by atoms with van der Waals surface area (Å²) in [6.07, 6.45) is 4.33. The lowest BCUT2D eigenvalue weighted by Crippen LogP contribution is -2.48. The summed E-state index contributed by atoms with van der Waals surface area (Å²) in [5.74, 6) is -0.402. The molecule has 2 unspecified atom stereocenters. The second kappa shape index (κ2) is 11.2. The van der Waals surface area contributed by atoms with E-state index >= 15 is 0 Å². The first-order valence-corrected chi connectivity index (χ1v) is 13.1. The van der Waals surface area contributed by atoms with E-state index in [1.165, 1.54) is 4.90 Å². The number of nitrogens with one attached hydrogen (secondary N) is 1. The molecule has 0 bridgehead atoms. The molecule has 3 N–H and O–H groups in total. The zero-order valence-electron chi connectivity index (χ0n) is 22.3. The van der Waals surface area contributed by atoms with Crippen LogP contribution in [-0.2, 0) is 16.1 Å². The molecule has 1 saturated heterocycles. The van der Waals surface area contributed by atoms with Gasteiger partial charge in [0.25, 0.3) is 5.91 Å². The van der Waals surface area contributed by atoms with Gasteiger partial charge in [-0.3, -0.25) is 14.4 Å². The Kier molecular flexibility index (Phi) is 7.54. The molecule has 1 fully saturated rings. The molecule has 2 atom stereocenters. The number of anilines is 1. The van der Waals surface area contributed by atoms with Crippen LogP contribution >= 0.6 is 0 Å². The SMILES string of the molecule is Cc1cccc(NC(=O)C2CCC(F)CCN2C(=O)Cn2cc(C(N)=O)c3cc(-c4cnc(C)nc4)ccc32)n1. The van der Waals surface area contributed by atoms with E-state index in [2.05, 4.69) is 20.3 Å². The number of hydrogen-bond donors (Lipinski definition) is 2. The summed E-state index contributed by atoms with van der Waals surface area (Å²) in [4.78, 5) is 53.4. The van der Waals surface area contributed by atoms with Gasteiger partial charge in [-0.1, -0.05) is 12.1 Å². The fourth-order valence-corrected chi connectivity index (χ4v) is 5.05. The molecule has 1 aliphatic heterocycles. The Bertz CT molecular complexity index is 1580. The summed E-state index contributed by atoms with van der Waals surface area (Å²) in [6, 6.07) is 9.86. The highest BCUT2D eigenvalue weighted by Gasteiger charge is 2.34. The molecule has 5 rings (SSSR count). The van der Waals surface area contributed by atoms with Crippen LogP contribution in [0.15, 0.2) is 55.0 Å². The van der Waals surface area contributed by atoms with Crippen LogP contribution in [0.25, 0.3) is 22.0 Å². The number of nitrogens with two attached hydrogens (primary N) is 1. The van der Waals surface area contributed by atoms with E-state index in [4.69, 9.17) is 5.73 Å². The van der Waals surface area contributed by atoms with Gasteiger partial charge < -0.3 is 20.5 Å². The number of rotatable bonds is 6. The van der Waals surface area contributed by atoms with Crippen LogP contribution < -0.4 is 11.1 Å². The average Bonchev–Trinajstić information content (AvgIpc) is 3.15. The van der Waals surface area contributed by atoms with Gasteiger partial charge in [0.05, 0.1) is 5.56 Å². The third kappa shape index (κ3) is 5.68. The molecular weight excluding hydrogens is 513 g/mol. The lowest BCUT2D eigenvalue weighted by atomic mass is 10.0. The first kappa shape index (κ1) is 26.9. The van der Waals surface area contributed by atoms with Gasteiger partial charge in [0.1, 0.15) is 30.4 Å². The minimum absolute atomic E-state index is 0.0960. The highest BCUT2D eigenvalue weighted by Crippen LogP contribution is 2.28. The maximum atomic E-state index is 14.4. The van der Waals surface area contributed by atoms with Crippen LogP contribution in [0.2, 0.25) is 0 Å². The minimum atomic E-state index is -1.11. The molecule has 11 heteroatoms. The normalized spacial score (nSPS) is 17.4. The molecule has 0 radical (unpaired) electrons. The third-order valence-electron chi connectivity index (χ3n) is 7.14. The Labute approximate surface area is 230 Å². The fraction of sp³-hybridized carbons (Fsp3) is 0.310. The van der Waals surface area contributed by atoms with Crippen molar-refractivity contribution in [2.24, 2.45) is 5.73 Å². The van der Waals surface area contributed by atoms with Gasteiger partial charge in [-0.25, -0.2) is 19.3 Å². The van der Waals surface area contributed by atoms with Gasteiger partial charge in [0, 0.05) is 47.3 Å². The number of carbonyl (C=O) groups excluding carboxylic acids is 3. The highest BCUT2D eigenvalue weighted by atomic mass is 19.1. The first-order chi connectivity index (χ1) is 19.2. The number of alkyl halides is 1. The molecule has 1 aliphatic rings. The second-order valence-electron chi connectivity index (χ2n) is 10.0. The van der Waals surface area contributed by atoms with Gasteiger partial charge in [-0.15, -0.1) is 0 Å². The number of hydrogen-bond acceptors (Lipinski definition) is 6. The zero-order valence-corrected chi connectivity index (χ0v) is 22.3. The number of carbonyl (C=O) groups is 3. The number of likely N-dealkylation sites (tertiary alicyclic amines) is 1. The Morgan fingerprint density at radius 3 is 2.55 bits per heavy atom. The number of aromatic nitrogens is 4. The molecule has 3 amide bonds. The minimum Gasteiger partial charge on any atom is -0.366 e. The van der Waals surface area contributed by atoms with Crippen molar-refractivity contribution < 1.29 is 18.8 Å². The van der Waals surface area contributed by atoms with Crippen molar-refractivity contribution >= 4 is 34.4 Å². The molecule has 206 valence electrons. The quantitative estimate of drug-likeness (QED) is 0.382. The van der Waals surface area contributed by atoms with Crippen LogP contribution in [0.5, 0.6) is 0 Å². The average molecular weight is 544 g/mol. The monoisotopic (exact) mass is 543 g/mol. The molecule has 0 spiro atoms. The van der Waals surface area contributed by atoms with Crippen molar-refractivity contribution in [1.82, 2.24) is 24.4 Å². The summed E-state index contributed by atoms with van der Waals surface area (Å²) in [5.41, 5.74) is 8.87. The Morgan fingerprint density at radius 1 is 1.05 bits per heavy atom. The van der Waals surface area contributed by atoms with Crippen molar-refractivity contribution in [2.45, 2.75) is 51.9 Å². The van der Waals surface area contributed by atoms with E-state index in [0.717, 1.165) is 16.8 Å². The van der Waals surface area contributed by atoms with Gasteiger partial charge in [-0.2, -0.15) is 0 Å². The lowest BCUT2D eigenvalue weighted by Gasteiger charge is -2.29. The maximum Gasteiger partial charge on any atom is 0.250 e. The molecule has 0 aliphatic carbocycles. The van der Waals surface area contributed by atoms with Gasteiger partial charge >= 0.3 is 0 Å². The summed E-state index contributed by atoms with van der Waals surface area (Å²) < 4.78 is 16.0. The number of primary amides is 1. The Morgan fingerprint density at radius 2 is 1.82 bits per heavy atom. The van der Waals surface area contributed by atoms with Crippen LogP contribution in [-0.4, -0.2) is 60.9 Å². The fourth-order valence-electron chi connectivity index (χ4n) is 5.05. The van der Waals surface area contributed by atoms with Crippen molar-refractivity contribution in [3.8, 4) is 11.1 Å². The molecule has 10 nitrogen and oxygen atoms in total. The van der Waals surface area contributed by atoms with Crippen molar-refractivity contribution in [1.29, 1.82) is 0 Å². The zero-order chi connectivity index (χ0) is 28.4. The van der Waals surface area contributed by atoms with Crippen LogP contribution in [0.4, 0.5) is 10.2 Å². The second-order valence-corrected chi connectivity index (χ2v) is 10.0. The van der Waals surface area contributed by atoms with Gasteiger partial charge in [-0.05, 0) is 62.9 Å². The van der Waals surface area contributed by atoms with Crippen LogP contribution in [0.3, 0.4) is 0 Å². The third-order valence-corrected chi connectivity index (χ3v) is 7.14. The molecule has 4 heterocycles. The summed E-state index contributed by atoms with van der Waals surface area (Å²) in [6.45, 7) is 3.55. The Hall–Kier alpha value is -4.67.